The summed E-state index contributed by atoms with van der Waals surface area (Å²) in [5, 5.41) is 31.1. The van der Waals surface area contributed by atoms with Crippen molar-refractivity contribution in [1.82, 2.24) is 5.32 Å². The minimum atomic E-state index is -1.49. The van der Waals surface area contributed by atoms with Crippen molar-refractivity contribution in [2.24, 2.45) is 0 Å². The molecular weight excluding hydrogens is 290 g/mol. The topological polar surface area (TPSA) is 113 Å². The van der Waals surface area contributed by atoms with Crippen molar-refractivity contribution in [3.8, 4) is 0 Å². The van der Waals surface area contributed by atoms with Crippen LogP contribution in [-0.4, -0.2) is 39.8 Å². The number of carbonyl (C=O) groups is 1. The predicted octanol–water partition coefficient (Wildman–Crippen LogP) is 0.736. The third-order valence-corrected chi connectivity index (χ3v) is 3.12. The maximum atomic E-state index is 13.8. The number of nitrogens with zero attached hydrogens (tertiary/aromatic N) is 1. The van der Waals surface area contributed by atoms with E-state index in [-0.39, 0.29) is 6.42 Å². The predicted molar refractivity (Wildman–Crippen MR) is 67.7 cm³/mol. The van der Waals surface area contributed by atoms with E-state index < -0.39 is 52.5 Å². The summed E-state index contributed by atoms with van der Waals surface area (Å²) < 4.78 is 27.1. The fraction of sp³-hybridized carbons (Fsp3) is 0.417. The number of rotatable bonds is 6. The molecule has 0 aromatic heterocycles. The Balaban J connectivity index is 3.22. The first-order valence-corrected chi connectivity index (χ1v) is 5.98. The molecule has 0 aliphatic heterocycles. The molecule has 3 N–H and O–H groups in total. The molecule has 0 atom stereocenters. The van der Waals surface area contributed by atoms with Gasteiger partial charge in [0.2, 0.25) is 5.82 Å². The molecule has 0 aliphatic rings. The van der Waals surface area contributed by atoms with Crippen molar-refractivity contribution in [2.75, 3.05) is 13.2 Å². The molecule has 0 aliphatic carbocycles. The second-order valence-electron chi connectivity index (χ2n) is 4.45. The van der Waals surface area contributed by atoms with Crippen LogP contribution in [0.5, 0.6) is 0 Å². The quantitative estimate of drug-likeness (QED) is 0.530. The minimum Gasteiger partial charge on any atom is -0.394 e. The van der Waals surface area contributed by atoms with Crippen molar-refractivity contribution in [3.63, 3.8) is 0 Å². The molecule has 21 heavy (non-hydrogen) atoms. The van der Waals surface area contributed by atoms with Gasteiger partial charge >= 0.3 is 5.69 Å². The Morgan fingerprint density at radius 1 is 1.38 bits per heavy atom. The number of halogens is 2. The van der Waals surface area contributed by atoms with Crippen LogP contribution in [0.25, 0.3) is 0 Å². The molecule has 1 aromatic rings. The van der Waals surface area contributed by atoms with Gasteiger partial charge in [-0.05, 0) is 12.5 Å². The number of nitro groups is 1. The third kappa shape index (κ3) is 3.50. The van der Waals surface area contributed by atoms with Crippen LogP contribution in [0.15, 0.2) is 12.1 Å². The molecule has 1 amide bonds. The van der Waals surface area contributed by atoms with Crippen molar-refractivity contribution >= 4 is 11.6 Å². The number of aliphatic hydroxyl groups excluding tert-OH is 2. The van der Waals surface area contributed by atoms with Crippen molar-refractivity contribution < 1.29 is 28.7 Å². The number of aliphatic hydroxyl groups is 2. The highest BCUT2D eigenvalue weighted by Crippen LogP contribution is 2.23. The summed E-state index contributed by atoms with van der Waals surface area (Å²) in [7, 11) is 0. The molecule has 7 nitrogen and oxygen atoms in total. The van der Waals surface area contributed by atoms with Gasteiger partial charge in [0.05, 0.1) is 35.3 Å². The van der Waals surface area contributed by atoms with Crippen LogP contribution >= 0.6 is 0 Å². The van der Waals surface area contributed by atoms with Crippen LogP contribution in [0, 0.1) is 21.7 Å². The average Bonchev–Trinajstić information content (AvgIpc) is 2.46. The highest BCUT2D eigenvalue weighted by Gasteiger charge is 2.32. The van der Waals surface area contributed by atoms with Gasteiger partial charge < -0.3 is 15.5 Å². The second-order valence-corrected chi connectivity index (χ2v) is 4.45. The molecule has 1 aromatic carbocycles. The van der Waals surface area contributed by atoms with Gasteiger partial charge in [-0.2, -0.15) is 4.39 Å². The van der Waals surface area contributed by atoms with E-state index in [1.807, 2.05) is 0 Å². The smallest absolute Gasteiger partial charge is 0.308 e. The summed E-state index contributed by atoms with van der Waals surface area (Å²) in [5.41, 5.74) is -3.47. The van der Waals surface area contributed by atoms with Gasteiger partial charge in [-0.3, -0.25) is 14.9 Å². The van der Waals surface area contributed by atoms with E-state index in [4.69, 9.17) is 0 Å². The van der Waals surface area contributed by atoms with E-state index in [0.29, 0.717) is 12.1 Å². The van der Waals surface area contributed by atoms with Gasteiger partial charge in [-0.1, -0.05) is 6.92 Å². The SMILES string of the molecule is CCC(CO)(CO)NC(=O)c1cc(F)cc([N+](=O)[O-])c1F. The van der Waals surface area contributed by atoms with Crippen LogP contribution in [-0.2, 0) is 0 Å². The first-order chi connectivity index (χ1) is 9.80. The molecule has 0 radical (unpaired) electrons. The molecule has 0 heterocycles. The second kappa shape index (κ2) is 6.55. The number of benzene rings is 1. The number of amides is 1. The lowest BCUT2D eigenvalue weighted by Crippen LogP contribution is -2.54. The summed E-state index contributed by atoms with van der Waals surface area (Å²) in [6.07, 6.45) is 0.116. The fourth-order valence-corrected chi connectivity index (χ4v) is 1.62. The van der Waals surface area contributed by atoms with Crippen LogP contribution < -0.4 is 5.32 Å². The summed E-state index contributed by atoms with van der Waals surface area (Å²) in [6, 6.07) is 0.865. The van der Waals surface area contributed by atoms with E-state index in [1.165, 1.54) is 0 Å². The molecule has 9 heteroatoms. The van der Waals surface area contributed by atoms with Crippen molar-refractivity contribution in [2.45, 2.75) is 18.9 Å². The number of nitrogens with one attached hydrogen (secondary N) is 1. The normalized spacial score (nSPS) is 11.3. The minimum absolute atomic E-state index is 0.116. The Morgan fingerprint density at radius 2 is 1.95 bits per heavy atom. The van der Waals surface area contributed by atoms with Crippen molar-refractivity contribution in [3.05, 3.63) is 39.4 Å². The standard InChI is InChI=1S/C12H14F2N2O5/c1-2-12(5-17,6-18)15-11(19)8-3-7(13)4-9(10(8)14)16(20)21/h3-4,17-18H,2,5-6H2,1H3,(H,15,19). The van der Waals surface area contributed by atoms with Crippen LogP contribution in [0.4, 0.5) is 14.5 Å². The van der Waals surface area contributed by atoms with Gasteiger partial charge in [0.15, 0.2) is 0 Å². The van der Waals surface area contributed by atoms with E-state index in [9.17, 15) is 33.9 Å². The lowest BCUT2D eigenvalue weighted by Gasteiger charge is -2.29. The molecule has 0 unspecified atom stereocenters. The monoisotopic (exact) mass is 304 g/mol. The molecular formula is C12H14F2N2O5. The van der Waals surface area contributed by atoms with Crippen molar-refractivity contribution in [1.29, 1.82) is 0 Å². The summed E-state index contributed by atoms with van der Waals surface area (Å²) >= 11 is 0. The molecule has 1 rings (SSSR count). The molecule has 0 bridgehead atoms. The Bertz CT molecular complexity index is 553. The number of carbonyl (C=O) groups excluding carboxylic acids is 1. The maximum absolute atomic E-state index is 13.8. The Hall–Kier alpha value is -2.13. The number of hydrogen-bond acceptors (Lipinski definition) is 5. The molecule has 0 saturated heterocycles. The van der Waals surface area contributed by atoms with Crippen LogP contribution in [0.3, 0.4) is 0 Å². The van der Waals surface area contributed by atoms with Crippen LogP contribution in [0.1, 0.15) is 23.7 Å². The van der Waals surface area contributed by atoms with Crippen LogP contribution in [0.2, 0.25) is 0 Å². The number of nitro benzene ring substituents is 1. The maximum Gasteiger partial charge on any atom is 0.308 e. The van der Waals surface area contributed by atoms with Gasteiger partial charge in [0.25, 0.3) is 5.91 Å². The molecule has 0 saturated carbocycles. The summed E-state index contributed by atoms with van der Waals surface area (Å²) in [6.45, 7) is 0.284. The van der Waals surface area contributed by atoms with Gasteiger partial charge in [-0.15, -0.1) is 0 Å². The summed E-state index contributed by atoms with van der Waals surface area (Å²) in [4.78, 5) is 21.4. The van der Waals surface area contributed by atoms with E-state index in [2.05, 4.69) is 5.32 Å². The highest BCUT2D eigenvalue weighted by molar-refractivity contribution is 5.95. The fourth-order valence-electron chi connectivity index (χ4n) is 1.62. The van der Waals surface area contributed by atoms with E-state index in [0.717, 1.165) is 0 Å². The first kappa shape index (κ1) is 16.9. The largest absolute Gasteiger partial charge is 0.394 e. The Morgan fingerprint density at radius 3 is 2.38 bits per heavy atom. The van der Waals surface area contributed by atoms with Gasteiger partial charge in [-0.25, -0.2) is 4.39 Å². The lowest BCUT2D eigenvalue weighted by atomic mass is 9.97. The zero-order chi connectivity index (χ0) is 16.2. The zero-order valence-corrected chi connectivity index (χ0v) is 11.1. The highest BCUT2D eigenvalue weighted by atomic mass is 19.1. The molecule has 0 fully saturated rings. The Labute approximate surface area is 118 Å². The van der Waals surface area contributed by atoms with E-state index in [1.54, 1.807) is 6.92 Å². The van der Waals surface area contributed by atoms with Gasteiger partial charge in [0, 0.05) is 0 Å². The zero-order valence-electron chi connectivity index (χ0n) is 11.1. The Kier molecular flexibility index (Phi) is 5.28. The van der Waals surface area contributed by atoms with Gasteiger partial charge in [0.1, 0.15) is 5.82 Å². The molecule has 116 valence electrons. The lowest BCUT2D eigenvalue weighted by molar-refractivity contribution is -0.387. The summed E-state index contributed by atoms with van der Waals surface area (Å²) in [5.74, 6) is -3.80. The average molecular weight is 304 g/mol. The van der Waals surface area contributed by atoms with E-state index >= 15 is 0 Å². The first-order valence-electron chi connectivity index (χ1n) is 5.98. The molecule has 0 spiro atoms. The third-order valence-electron chi connectivity index (χ3n) is 3.12. The number of hydrogen-bond donors (Lipinski definition) is 3.